The van der Waals surface area contributed by atoms with Gasteiger partial charge in [0, 0.05) is 42.9 Å². The van der Waals surface area contributed by atoms with Gasteiger partial charge in [0.25, 0.3) is 10.0 Å². The summed E-state index contributed by atoms with van der Waals surface area (Å²) in [7, 11) is -3.28. The molecule has 0 amide bonds. The number of hydrogen-bond donors (Lipinski definition) is 0. The first kappa shape index (κ1) is 15.4. The highest BCUT2D eigenvalue weighted by Crippen LogP contribution is 2.25. The lowest BCUT2D eigenvalue weighted by Crippen LogP contribution is -2.48. The summed E-state index contributed by atoms with van der Waals surface area (Å²) in [6.45, 7) is 5.84. The van der Waals surface area contributed by atoms with Crippen LogP contribution in [0, 0.1) is 0 Å². The summed E-state index contributed by atoms with van der Waals surface area (Å²) in [5.74, 6) is 0. The van der Waals surface area contributed by atoms with E-state index in [1.807, 2.05) is 13.0 Å². The van der Waals surface area contributed by atoms with E-state index in [9.17, 15) is 8.42 Å². The van der Waals surface area contributed by atoms with Gasteiger partial charge in [-0.15, -0.1) is 11.3 Å². The minimum Gasteiger partial charge on any atom is -0.300 e. The lowest BCUT2D eigenvalue weighted by Gasteiger charge is -2.33. The van der Waals surface area contributed by atoms with Crippen LogP contribution in [0.15, 0.2) is 16.3 Å². The van der Waals surface area contributed by atoms with Gasteiger partial charge in [-0.3, -0.25) is 4.90 Å². The van der Waals surface area contributed by atoms with Crippen molar-refractivity contribution >= 4 is 37.3 Å². The topological polar surface area (TPSA) is 40.6 Å². The molecule has 0 atom stereocenters. The van der Waals surface area contributed by atoms with Crippen molar-refractivity contribution in [3.05, 3.63) is 17.0 Å². The van der Waals surface area contributed by atoms with Gasteiger partial charge in [0.15, 0.2) is 0 Å². The minimum absolute atomic E-state index is 0.485. The van der Waals surface area contributed by atoms with Crippen LogP contribution >= 0.6 is 27.3 Å². The highest BCUT2D eigenvalue weighted by molar-refractivity contribution is 9.09. The summed E-state index contributed by atoms with van der Waals surface area (Å²) in [6, 6.07) is 3.66. The molecule has 2 heterocycles. The Morgan fingerprint density at radius 1 is 1.26 bits per heavy atom. The Morgan fingerprint density at radius 2 is 1.95 bits per heavy atom. The van der Waals surface area contributed by atoms with Crippen LogP contribution in [0.5, 0.6) is 0 Å². The second-order valence-corrected chi connectivity index (χ2v) is 8.64. The smallest absolute Gasteiger partial charge is 0.252 e. The van der Waals surface area contributed by atoms with E-state index in [0.29, 0.717) is 17.3 Å². The average molecular weight is 367 g/mol. The monoisotopic (exact) mass is 366 g/mol. The van der Waals surface area contributed by atoms with Crippen molar-refractivity contribution in [3.63, 3.8) is 0 Å². The molecule has 0 aliphatic carbocycles. The molecule has 1 aromatic heterocycles. The fraction of sp³-hybridized carbons (Fsp3) is 0.667. The van der Waals surface area contributed by atoms with Crippen LogP contribution in [0.25, 0.3) is 0 Å². The third kappa shape index (κ3) is 3.58. The van der Waals surface area contributed by atoms with E-state index in [-0.39, 0.29) is 0 Å². The van der Waals surface area contributed by atoms with E-state index >= 15 is 0 Å². The number of hydrogen-bond acceptors (Lipinski definition) is 4. The van der Waals surface area contributed by atoms with Crippen molar-refractivity contribution < 1.29 is 8.42 Å². The second kappa shape index (κ2) is 6.67. The molecule has 0 N–H and O–H groups in total. The first-order valence-corrected chi connectivity index (χ1v) is 9.83. The van der Waals surface area contributed by atoms with Gasteiger partial charge in [0.2, 0.25) is 0 Å². The Bertz CT molecular complexity index is 508. The number of rotatable bonds is 5. The summed E-state index contributed by atoms with van der Waals surface area (Å²) in [5.41, 5.74) is 0. The standard InChI is InChI=1S/C12H19BrN2O2S2/c1-2-11-3-4-12(18-11)19(16,17)15-9-7-14(6-5-13)8-10-15/h3-4H,2,5-10H2,1H3. The molecule has 2 rings (SSSR count). The number of aryl methyl sites for hydroxylation is 1. The zero-order chi connectivity index (χ0) is 13.9. The number of sulfonamides is 1. The third-order valence-electron chi connectivity index (χ3n) is 3.31. The molecule has 0 unspecified atom stereocenters. The Balaban J connectivity index is 2.05. The predicted octanol–water partition coefficient (Wildman–Crippen LogP) is 2.01. The van der Waals surface area contributed by atoms with Gasteiger partial charge in [-0.2, -0.15) is 4.31 Å². The molecule has 7 heteroatoms. The highest BCUT2D eigenvalue weighted by Gasteiger charge is 2.29. The molecule has 0 spiro atoms. The van der Waals surface area contributed by atoms with Crippen molar-refractivity contribution in [1.82, 2.24) is 9.21 Å². The maximum absolute atomic E-state index is 12.5. The molecule has 1 fully saturated rings. The zero-order valence-corrected chi connectivity index (χ0v) is 14.2. The van der Waals surface area contributed by atoms with Crippen LogP contribution in [0.4, 0.5) is 0 Å². The van der Waals surface area contributed by atoms with Crippen LogP contribution in [0.1, 0.15) is 11.8 Å². The van der Waals surface area contributed by atoms with Crippen molar-refractivity contribution in [2.24, 2.45) is 0 Å². The first-order chi connectivity index (χ1) is 9.07. The van der Waals surface area contributed by atoms with Crippen LogP contribution in [-0.2, 0) is 16.4 Å². The summed E-state index contributed by atoms with van der Waals surface area (Å²) < 4.78 is 27.1. The Hall–Kier alpha value is 0.0500. The molecule has 0 aromatic carbocycles. The molecule has 0 bridgehead atoms. The van der Waals surface area contributed by atoms with Gasteiger partial charge in [-0.25, -0.2) is 8.42 Å². The van der Waals surface area contributed by atoms with Gasteiger partial charge >= 0.3 is 0 Å². The van der Waals surface area contributed by atoms with Gasteiger partial charge in [0.1, 0.15) is 4.21 Å². The molecule has 1 aliphatic heterocycles. The summed E-state index contributed by atoms with van der Waals surface area (Å²) in [4.78, 5) is 3.41. The van der Waals surface area contributed by atoms with Crippen LogP contribution in [0.2, 0.25) is 0 Å². The summed E-state index contributed by atoms with van der Waals surface area (Å²) in [5, 5.41) is 0.935. The Labute approximate surface area is 127 Å². The van der Waals surface area contributed by atoms with E-state index in [4.69, 9.17) is 0 Å². The fourth-order valence-corrected chi connectivity index (χ4v) is 5.50. The molecule has 19 heavy (non-hydrogen) atoms. The molecule has 0 radical (unpaired) electrons. The van der Waals surface area contributed by atoms with Crippen molar-refractivity contribution in [2.45, 2.75) is 17.6 Å². The summed E-state index contributed by atoms with van der Waals surface area (Å²) >= 11 is 4.81. The summed E-state index contributed by atoms with van der Waals surface area (Å²) in [6.07, 6.45) is 0.888. The fourth-order valence-electron chi connectivity index (χ4n) is 2.13. The largest absolute Gasteiger partial charge is 0.300 e. The molecule has 1 saturated heterocycles. The van der Waals surface area contributed by atoms with Crippen LogP contribution < -0.4 is 0 Å². The number of halogens is 1. The van der Waals surface area contributed by atoms with E-state index in [2.05, 4.69) is 20.8 Å². The number of alkyl halides is 1. The van der Waals surface area contributed by atoms with Crippen molar-refractivity contribution in [2.75, 3.05) is 38.1 Å². The number of thiophene rings is 1. The molecule has 1 aromatic rings. The van der Waals surface area contributed by atoms with Crippen LogP contribution in [-0.4, -0.2) is 55.7 Å². The molecule has 108 valence electrons. The van der Waals surface area contributed by atoms with Gasteiger partial charge < -0.3 is 0 Å². The van der Waals surface area contributed by atoms with E-state index < -0.39 is 10.0 Å². The third-order valence-corrected chi connectivity index (χ3v) is 7.26. The number of nitrogens with zero attached hydrogens (tertiary/aromatic N) is 2. The second-order valence-electron chi connectivity index (χ2n) is 4.51. The molecular formula is C12H19BrN2O2S2. The zero-order valence-electron chi connectivity index (χ0n) is 11.0. The lowest BCUT2D eigenvalue weighted by molar-refractivity contribution is 0.198. The average Bonchev–Trinajstić information content (AvgIpc) is 2.89. The Kier molecular flexibility index (Phi) is 5.42. The first-order valence-electron chi connectivity index (χ1n) is 6.45. The van der Waals surface area contributed by atoms with E-state index in [1.54, 1.807) is 10.4 Å². The maximum Gasteiger partial charge on any atom is 0.252 e. The maximum atomic E-state index is 12.5. The minimum atomic E-state index is -3.28. The number of piperazine rings is 1. The highest BCUT2D eigenvalue weighted by atomic mass is 79.9. The van der Waals surface area contributed by atoms with E-state index in [0.717, 1.165) is 36.3 Å². The van der Waals surface area contributed by atoms with E-state index in [1.165, 1.54) is 11.3 Å². The molecule has 1 aliphatic rings. The SMILES string of the molecule is CCc1ccc(S(=O)(=O)N2CCN(CCBr)CC2)s1. The quantitative estimate of drug-likeness (QED) is 0.748. The van der Waals surface area contributed by atoms with Crippen molar-refractivity contribution in [3.8, 4) is 0 Å². The van der Waals surface area contributed by atoms with Gasteiger partial charge in [0.05, 0.1) is 0 Å². The normalized spacial score (nSPS) is 18.8. The Morgan fingerprint density at radius 3 is 2.47 bits per heavy atom. The molecule has 0 saturated carbocycles. The lowest BCUT2D eigenvalue weighted by atomic mass is 10.4. The van der Waals surface area contributed by atoms with Crippen molar-refractivity contribution in [1.29, 1.82) is 0 Å². The molecule has 4 nitrogen and oxygen atoms in total. The predicted molar refractivity (Wildman–Crippen MR) is 82.7 cm³/mol. The van der Waals surface area contributed by atoms with Crippen LogP contribution in [0.3, 0.4) is 0 Å². The van der Waals surface area contributed by atoms with Gasteiger partial charge in [-0.1, -0.05) is 22.9 Å². The van der Waals surface area contributed by atoms with Gasteiger partial charge in [-0.05, 0) is 18.6 Å². The molecular weight excluding hydrogens is 348 g/mol.